The van der Waals surface area contributed by atoms with Crippen LogP contribution in [0, 0.1) is 0 Å². The summed E-state index contributed by atoms with van der Waals surface area (Å²) in [4.78, 5) is 0. The molecule has 0 saturated carbocycles. The molecule has 1 aliphatic carbocycles. The molecule has 0 amide bonds. The molecule has 0 spiro atoms. The number of rotatable bonds is 4. The van der Waals surface area contributed by atoms with Crippen molar-refractivity contribution in [3.8, 4) is 0 Å². The molecule has 0 bridgehead atoms. The molecule has 0 saturated heterocycles. The van der Waals surface area contributed by atoms with Crippen LogP contribution < -0.4 is 0 Å². The van der Waals surface area contributed by atoms with Crippen molar-refractivity contribution in [3.63, 3.8) is 0 Å². The number of allylic oxidation sites excluding steroid dienone is 3. The quantitative estimate of drug-likeness (QED) is 0.639. The van der Waals surface area contributed by atoms with E-state index in [-0.39, 0.29) is 0 Å². The highest BCUT2D eigenvalue weighted by molar-refractivity contribution is 5.80. The number of aryl methyl sites for hydroxylation is 2. The molecule has 118 valence electrons. The first-order valence-electron chi connectivity index (χ1n) is 8.74. The van der Waals surface area contributed by atoms with E-state index in [1.165, 1.54) is 39.0 Å². The predicted octanol–water partition coefficient (Wildman–Crippen LogP) is 6.11. The van der Waals surface area contributed by atoms with Crippen molar-refractivity contribution in [1.29, 1.82) is 0 Å². The predicted molar refractivity (Wildman–Crippen MR) is 101 cm³/mol. The molecule has 3 rings (SSSR count). The summed E-state index contributed by atoms with van der Waals surface area (Å²) in [5.41, 5.74) is 9.55. The lowest BCUT2D eigenvalue weighted by atomic mass is 9.78. The third-order valence-electron chi connectivity index (χ3n) is 5.15. The Balaban J connectivity index is 1.90. The molecule has 1 aliphatic rings. The summed E-state index contributed by atoms with van der Waals surface area (Å²) in [6, 6.07) is 15.8. The molecular formula is C23H26. The van der Waals surface area contributed by atoms with Gasteiger partial charge >= 0.3 is 0 Å². The van der Waals surface area contributed by atoms with Gasteiger partial charge in [-0.25, -0.2) is 0 Å². The monoisotopic (exact) mass is 302 g/mol. The van der Waals surface area contributed by atoms with Gasteiger partial charge in [-0.15, -0.1) is 0 Å². The van der Waals surface area contributed by atoms with Crippen molar-refractivity contribution in [2.45, 2.75) is 46.0 Å². The fourth-order valence-corrected chi connectivity index (χ4v) is 3.51. The highest BCUT2D eigenvalue weighted by Crippen LogP contribution is 2.39. The van der Waals surface area contributed by atoms with Crippen molar-refractivity contribution in [2.75, 3.05) is 0 Å². The topological polar surface area (TPSA) is 0 Å². The van der Waals surface area contributed by atoms with Gasteiger partial charge in [0.05, 0.1) is 0 Å². The number of hydrogen-bond acceptors (Lipinski definition) is 0. The van der Waals surface area contributed by atoms with Gasteiger partial charge in [0.25, 0.3) is 0 Å². The van der Waals surface area contributed by atoms with Gasteiger partial charge in [0.1, 0.15) is 0 Å². The molecular weight excluding hydrogens is 276 g/mol. The summed E-state index contributed by atoms with van der Waals surface area (Å²) in [5, 5.41) is 0. The van der Waals surface area contributed by atoms with E-state index >= 15 is 0 Å². The first kappa shape index (κ1) is 15.8. The Labute approximate surface area is 140 Å². The zero-order valence-electron chi connectivity index (χ0n) is 14.5. The summed E-state index contributed by atoms with van der Waals surface area (Å²) < 4.78 is 0. The van der Waals surface area contributed by atoms with Crippen LogP contribution in [0.4, 0.5) is 0 Å². The molecule has 1 unspecified atom stereocenters. The maximum atomic E-state index is 4.40. The molecule has 0 aromatic heterocycles. The maximum Gasteiger partial charge on any atom is 0.00668 e. The van der Waals surface area contributed by atoms with Gasteiger partial charge in [-0.3, -0.25) is 0 Å². The molecule has 0 fully saturated rings. The molecule has 23 heavy (non-hydrogen) atoms. The van der Waals surface area contributed by atoms with Gasteiger partial charge in [0.15, 0.2) is 0 Å². The summed E-state index contributed by atoms with van der Waals surface area (Å²) in [6.07, 6.45) is 5.57. The van der Waals surface area contributed by atoms with Crippen LogP contribution in [0.15, 0.2) is 60.7 Å². The van der Waals surface area contributed by atoms with Crippen molar-refractivity contribution in [3.05, 3.63) is 88.5 Å². The Kier molecular flexibility index (Phi) is 4.52. The van der Waals surface area contributed by atoms with E-state index in [1.807, 2.05) is 0 Å². The Morgan fingerprint density at radius 3 is 2.30 bits per heavy atom. The smallest absolute Gasteiger partial charge is 0.00668 e. The molecule has 1 atom stereocenters. The number of hydrogen-bond donors (Lipinski definition) is 0. The molecule has 0 N–H and O–H groups in total. The van der Waals surface area contributed by atoms with E-state index in [9.17, 15) is 0 Å². The van der Waals surface area contributed by atoms with Gasteiger partial charge in [-0.1, -0.05) is 75.9 Å². The van der Waals surface area contributed by atoms with E-state index in [1.54, 1.807) is 0 Å². The minimum atomic E-state index is 0.420. The average molecular weight is 302 g/mol. The summed E-state index contributed by atoms with van der Waals surface area (Å²) >= 11 is 0. The van der Waals surface area contributed by atoms with Crippen LogP contribution >= 0.6 is 0 Å². The highest BCUT2D eigenvalue weighted by atomic mass is 14.3. The van der Waals surface area contributed by atoms with Crippen molar-refractivity contribution in [2.24, 2.45) is 0 Å². The average Bonchev–Trinajstić information content (AvgIpc) is 2.61. The zero-order valence-corrected chi connectivity index (χ0v) is 14.5. The lowest BCUT2D eigenvalue weighted by molar-refractivity contribution is 0.866. The summed E-state index contributed by atoms with van der Waals surface area (Å²) in [6.45, 7) is 11.1. The van der Waals surface area contributed by atoms with Crippen LogP contribution in [-0.4, -0.2) is 0 Å². The fourth-order valence-electron chi connectivity index (χ4n) is 3.51. The van der Waals surface area contributed by atoms with Gasteiger partial charge in [-0.05, 0) is 58.2 Å². The molecule has 0 heteroatoms. The van der Waals surface area contributed by atoms with Crippen LogP contribution in [0.3, 0.4) is 0 Å². The van der Waals surface area contributed by atoms with Crippen molar-refractivity contribution < 1.29 is 0 Å². The Morgan fingerprint density at radius 1 is 1.00 bits per heavy atom. The van der Waals surface area contributed by atoms with Crippen LogP contribution in [-0.2, 0) is 19.3 Å². The van der Waals surface area contributed by atoms with E-state index in [0.717, 1.165) is 19.3 Å². The van der Waals surface area contributed by atoms with E-state index in [0.29, 0.717) is 5.92 Å². The van der Waals surface area contributed by atoms with E-state index < -0.39 is 0 Å². The van der Waals surface area contributed by atoms with Gasteiger partial charge < -0.3 is 0 Å². The molecule has 0 heterocycles. The fraction of sp³-hybridized carbons (Fsp3) is 0.304. The first-order valence-corrected chi connectivity index (χ1v) is 8.74. The SMILES string of the molecule is C=C(C1=CCc2ccc(CC)cc2C1C)c1ccc(CC)cc1. The summed E-state index contributed by atoms with van der Waals surface area (Å²) in [7, 11) is 0. The zero-order chi connectivity index (χ0) is 16.4. The third-order valence-corrected chi connectivity index (χ3v) is 5.15. The highest BCUT2D eigenvalue weighted by Gasteiger charge is 2.21. The number of benzene rings is 2. The first-order chi connectivity index (χ1) is 11.1. The second-order valence-electron chi connectivity index (χ2n) is 6.50. The maximum absolute atomic E-state index is 4.40. The molecule has 0 radical (unpaired) electrons. The molecule has 2 aromatic carbocycles. The van der Waals surface area contributed by atoms with Crippen molar-refractivity contribution >= 4 is 5.57 Å². The minimum absolute atomic E-state index is 0.420. The van der Waals surface area contributed by atoms with Gasteiger partial charge in [0.2, 0.25) is 0 Å². The van der Waals surface area contributed by atoms with Crippen LogP contribution in [0.5, 0.6) is 0 Å². The second kappa shape index (κ2) is 6.58. The lowest BCUT2D eigenvalue weighted by Crippen LogP contribution is -2.10. The normalized spacial score (nSPS) is 16.7. The van der Waals surface area contributed by atoms with Crippen LogP contribution in [0.25, 0.3) is 5.57 Å². The Bertz CT molecular complexity index is 744. The minimum Gasteiger partial charge on any atom is -0.0909 e. The standard InChI is InChI=1S/C23H26/c1-5-18-7-10-20(11-8-18)16(3)22-14-13-21-12-9-19(6-2)15-23(21)17(22)4/h7-12,14-15,17H,3,5-6,13H2,1-2,4H3. The van der Waals surface area contributed by atoms with Crippen LogP contribution in [0.2, 0.25) is 0 Å². The van der Waals surface area contributed by atoms with E-state index in [4.69, 9.17) is 0 Å². The molecule has 0 aliphatic heterocycles. The largest absolute Gasteiger partial charge is 0.0909 e. The van der Waals surface area contributed by atoms with Crippen molar-refractivity contribution in [1.82, 2.24) is 0 Å². The summed E-state index contributed by atoms with van der Waals surface area (Å²) in [5.74, 6) is 0.420. The van der Waals surface area contributed by atoms with Crippen LogP contribution in [0.1, 0.15) is 54.5 Å². The Hall–Kier alpha value is -2.08. The van der Waals surface area contributed by atoms with Gasteiger partial charge in [-0.2, -0.15) is 0 Å². The molecule has 2 aromatic rings. The molecule has 0 nitrogen and oxygen atoms in total. The van der Waals surface area contributed by atoms with E-state index in [2.05, 4.69) is 75.9 Å². The van der Waals surface area contributed by atoms with Gasteiger partial charge in [0, 0.05) is 5.92 Å². The second-order valence-corrected chi connectivity index (χ2v) is 6.50. The number of fused-ring (bicyclic) bond motifs is 1. The Morgan fingerprint density at radius 2 is 1.65 bits per heavy atom. The third kappa shape index (κ3) is 3.03. The lowest BCUT2D eigenvalue weighted by Gasteiger charge is -2.26.